The second-order valence-electron chi connectivity index (χ2n) is 4.35. The van der Waals surface area contributed by atoms with E-state index >= 15 is 0 Å². The maximum absolute atomic E-state index is 11.5. The summed E-state index contributed by atoms with van der Waals surface area (Å²) >= 11 is 0. The van der Waals surface area contributed by atoms with Crippen molar-refractivity contribution in [2.45, 2.75) is 27.2 Å². The molecule has 5 nitrogen and oxygen atoms in total. The first-order valence-electron chi connectivity index (χ1n) is 5.65. The van der Waals surface area contributed by atoms with Gasteiger partial charge in [-0.3, -0.25) is 8.98 Å². The summed E-state index contributed by atoms with van der Waals surface area (Å²) in [6.07, 6.45) is 1.85. The average molecular weight is 266 g/mol. The highest BCUT2D eigenvalue weighted by Crippen LogP contribution is 2.25. The standard InChI is InChI=1S/C11H22O5S/c1-6-8(2)10(7-16-17(5,13)14)9(3)11(12)15-4/h8-10H,6-7H2,1-5H3. The fourth-order valence-electron chi connectivity index (χ4n) is 1.67. The highest BCUT2D eigenvalue weighted by atomic mass is 32.2. The van der Waals surface area contributed by atoms with Crippen LogP contribution in [0.15, 0.2) is 0 Å². The van der Waals surface area contributed by atoms with Gasteiger partial charge in [0.15, 0.2) is 0 Å². The number of rotatable bonds is 7. The molecule has 0 bridgehead atoms. The van der Waals surface area contributed by atoms with Crippen LogP contribution in [0.5, 0.6) is 0 Å². The summed E-state index contributed by atoms with van der Waals surface area (Å²) in [6, 6.07) is 0. The maximum Gasteiger partial charge on any atom is 0.308 e. The van der Waals surface area contributed by atoms with Crippen LogP contribution in [0.1, 0.15) is 27.2 Å². The predicted octanol–water partition coefficient (Wildman–Crippen LogP) is 1.43. The Morgan fingerprint density at radius 3 is 2.18 bits per heavy atom. The van der Waals surface area contributed by atoms with Crippen LogP contribution >= 0.6 is 0 Å². The van der Waals surface area contributed by atoms with E-state index in [-0.39, 0.29) is 30.3 Å². The van der Waals surface area contributed by atoms with E-state index in [2.05, 4.69) is 4.74 Å². The van der Waals surface area contributed by atoms with Crippen molar-refractivity contribution in [2.24, 2.45) is 17.8 Å². The van der Waals surface area contributed by atoms with Crippen molar-refractivity contribution in [3.63, 3.8) is 0 Å². The maximum atomic E-state index is 11.5. The van der Waals surface area contributed by atoms with Gasteiger partial charge in [0.05, 0.1) is 25.9 Å². The Balaban J connectivity index is 4.70. The van der Waals surface area contributed by atoms with Gasteiger partial charge in [-0.25, -0.2) is 0 Å². The van der Waals surface area contributed by atoms with Gasteiger partial charge in [0.2, 0.25) is 0 Å². The molecule has 0 aromatic carbocycles. The van der Waals surface area contributed by atoms with E-state index in [0.29, 0.717) is 0 Å². The van der Waals surface area contributed by atoms with Crippen LogP contribution in [-0.2, 0) is 23.8 Å². The lowest BCUT2D eigenvalue weighted by molar-refractivity contribution is -0.148. The zero-order valence-corrected chi connectivity index (χ0v) is 11.9. The zero-order valence-electron chi connectivity index (χ0n) is 11.1. The quantitative estimate of drug-likeness (QED) is 0.515. The first-order chi connectivity index (χ1) is 7.72. The second kappa shape index (κ2) is 6.96. The molecule has 0 saturated heterocycles. The number of hydrogen-bond acceptors (Lipinski definition) is 5. The molecule has 0 amide bonds. The highest BCUT2D eigenvalue weighted by molar-refractivity contribution is 7.85. The first kappa shape index (κ1) is 16.4. The normalized spacial score (nSPS) is 17.2. The molecule has 3 unspecified atom stereocenters. The van der Waals surface area contributed by atoms with Gasteiger partial charge in [0.25, 0.3) is 10.1 Å². The fraction of sp³-hybridized carbons (Fsp3) is 0.909. The van der Waals surface area contributed by atoms with Crippen molar-refractivity contribution in [1.82, 2.24) is 0 Å². The van der Waals surface area contributed by atoms with E-state index in [1.165, 1.54) is 7.11 Å². The van der Waals surface area contributed by atoms with E-state index in [1.807, 2.05) is 13.8 Å². The lowest BCUT2D eigenvalue weighted by Crippen LogP contribution is -2.31. The van der Waals surface area contributed by atoms with Gasteiger partial charge in [0.1, 0.15) is 0 Å². The average Bonchev–Trinajstić information content (AvgIpc) is 2.25. The van der Waals surface area contributed by atoms with E-state index in [4.69, 9.17) is 4.18 Å². The highest BCUT2D eigenvalue weighted by Gasteiger charge is 2.29. The lowest BCUT2D eigenvalue weighted by Gasteiger charge is -2.26. The van der Waals surface area contributed by atoms with Crippen molar-refractivity contribution >= 4 is 16.1 Å². The third-order valence-corrected chi connectivity index (χ3v) is 3.63. The number of ether oxygens (including phenoxy) is 1. The molecule has 0 aliphatic carbocycles. The fourth-order valence-corrected chi connectivity index (χ4v) is 2.07. The van der Waals surface area contributed by atoms with Crippen LogP contribution in [0.2, 0.25) is 0 Å². The van der Waals surface area contributed by atoms with E-state index in [9.17, 15) is 13.2 Å². The molecular formula is C11H22O5S. The van der Waals surface area contributed by atoms with E-state index < -0.39 is 10.1 Å². The van der Waals surface area contributed by atoms with Crippen molar-refractivity contribution in [1.29, 1.82) is 0 Å². The second-order valence-corrected chi connectivity index (χ2v) is 5.99. The Morgan fingerprint density at radius 1 is 1.29 bits per heavy atom. The summed E-state index contributed by atoms with van der Waals surface area (Å²) < 4.78 is 31.4. The van der Waals surface area contributed by atoms with Crippen LogP contribution in [0, 0.1) is 17.8 Å². The van der Waals surface area contributed by atoms with Crippen molar-refractivity contribution in [3.05, 3.63) is 0 Å². The molecule has 0 rings (SSSR count). The van der Waals surface area contributed by atoms with Crippen LogP contribution < -0.4 is 0 Å². The number of methoxy groups -OCH3 is 1. The minimum atomic E-state index is -3.48. The molecule has 0 aromatic rings. The summed E-state index contributed by atoms with van der Waals surface area (Å²) in [5, 5.41) is 0. The van der Waals surface area contributed by atoms with Crippen molar-refractivity contribution in [3.8, 4) is 0 Å². The minimum absolute atomic E-state index is 0.0180. The number of carbonyl (C=O) groups excluding carboxylic acids is 1. The van der Waals surface area contributed by atoms with Gasteiger partial charge < -0.3 is 4.74 Å². The van der Waals surface area contributed by atoms with Crippen LogP contribution in [0.25, 0.3) is 0 Å². The molecule has 0 heterocycles. The topological polar surface area (TPSA) is 69.7 Å². The number of esters is 1. The van der Waals surface area contributed by atoms with Gasteiger partial charge in [-0.2, -0.15) is 8.42 Å². The summed E-state index contributed by atoms with van der Waals surface area (Å²) in [6.45, 7) is 5.70. The van der Waals surface area contributed by atoms with Gasteiger partial charge in [-0.1, -0.05) is 27.2 Å². The summed E-state index contributed by atoms with van der Waals surface area (Å²) in [5.41, 5.74) is 0. The van der Waals surface area contributed by atoms with Gasteiger partial charge in [0, 0.05) is 0 Å². The molecule has 0 aliphatic rings. The van der Waals surface area contributed by atoms with Crippen LogP contribution in [0.3, 0.4) is 0 Å². The minimum Gasteiger partial charge on any atom is -0.469 e. The smallest absolute Gasteiger partial charge is 0.308 e. The molecule has 0 spiro atoms. The lowest BCUT2D eigenvalue weighted by atomic mass is 9.83. The SMILES string of the molecule is CCC(C)C(COS(C)(=O)=O)C(C)C(=O)OC. The molecule has 17 heavy (non-hydrogen) atoms. The Morgan fingerprint density at radius 2 is 1.82 bits per heavy atom. The predicted molar refractivity (Wildman–Crippen MR) is 64.9 cm³/mol. The Bertz CT molecular complexity index is 336. The van der Waals surface area contributed by atoms with Gasteiger partial charge in [-0.15, -0.1) is 0 Å². The van der Waals surface area contributed by atoms with Gasteiger partial charge >= 0.3 is 5.97 Å². The number of carbonyl (C=O) groups is 1. The third kappa shape index (κ3) is 6.02. The molecule has 102 valence electrons. The molecule has 6 heteroatoms. The van der Waals surface area contributed by atoms with E-state index in [0.717, 1.165) is 12.7 Å². The van der Waals surface area contributed by atoms with Crippen LogP contribution in [-0.4, -0.2) is 34.4 Å². The Labute approximate surface area is 104 Å². The molecule has 3 atom stereocenters. The Kier molecular flexibility index (Phi) is 6.70. The molecule has 0 saturated carbocycles. The summed E-state index contributed by atoms with van der Waals surface area (Å²) in [7, 11) is -2.16. The third-order valence-electron chi connectivity index (χ3n) is 3.06. The molecule has 0 radical (unpaired) electrons. The number of hydrogen-bond donors (Lipinski definition) is 0. The largest absolute Gasteiger partial charge is 0.469 e. The summed E-state index contributed by atoms with van der Waals surface area (Å²) in [4.78, 5) is 11.5. The van der Waals surface area contributed by atoms with Crippen LogP contribution in [0.4, 0.5) is 0 Å². The van der Waals surface area contributed by atoms with Crippen molar-refractivity contribution in [2.75, 3.05) is 20.0 Å². The van der Waals surface area contributed by atoms with Gasteiger partial charge in [-0.05, 0) is 11.8 Å². The molecule has 0 aliphatic heterocycles. The molecular weight excluding hydrogens is 244 g/mol. The molecule has 0 aromatic heterocycles. The van der Waals surface area contributed by atoms with Crippen molar-refractivity contribution < 1.29 is 22.1 Å². The molecule has 0 fully saturated rings. The molecule has 0 N–H and O–H groups in total. The Hall–Kier alpha value is -0.620. The monoisotopic (exact) mass is 266 g/mol. The summed E-state index contributed by atoms with van der Waals surface area (Å²) in [5.74, 6) is -0.697. The first-order valence-corrected chi connectivity index (χ1v) is 7.46. The zero-order chi connectivity index (χ0) is 13.6. The van der Waals surface area contributed by atoms with E-state index in [1.54, 1.807) is 6.92 Å².